The number of carbonyl (C=O) groups is 1. The van der Waals surface area contributed by atoms with Gasteiger partial charge in [-0.2, -0.15) is 0 Å². The summed E-state index contributed by atoms with van der Waals surface area (Å²) < 4.78 is 1.11. The van der Waals surface area contributed by atoms with E-state index in [-0.39, 0.29) is 17.9 Å². The van der Waals surface area contributed by atoms with Crippen LogP contribution < -0.4 is 5.32 Å². The molecule has 1 amide bonds. The summed E-state index contributed by atoms with van der Waals surface area (Å²) in [6.45, 7) is 9.22. The molecule has 1 N–H and O–H groups in total. The third kappa shape index (κ3) is 5.43. The van der Waals surface area contributed by atoms with Crippen LogP contribution in [-0.2, 0) is 11.3 Å². The van der Waals surface area contributed by atoms with Crippen LogP contribution >= 0.6 is 15.9 Å². The van der Waals surface area contributed by atoms with Gasteiger partial charge in [0, 0.05) is 16.9 Å². The van der Waals surface area contributed by atoms with Crippen LogP contribution in [0.4, 0.5) is 0 Å². The molecule has 3 nitrogen and oxygen atoms in total. The monoisotopic (exact) mass is 428 g/mol. The lowest BCUT2D eigenvalue weighted by Gasteiger charge is -2.32. The summed E-state index contributed by atoms with van der Waals surface area (Å²) in [5.41, 5.74) is 5.06. The van der Waals surface area contributed by atoms with E-state index < -0.39 is 0 Å². The Kier molecular flexibility index (Phi) is 6.72. The maximum absolute atomic E-state index is 12.7. The molecular weight excluding hydrogens is 400 g/mol. The lowest BCUT2D eigenvalue weighted by molar-refractivity contribution is -0.127. The summed E-state index contributed by atoms with van der Waals surface area (Å²) in [6, 6.07) is 15.0. The molecule has 2 aromatic rings. The van der Waals surface area contributed by atoms with Gasteiger partial charge >= 0.3 is 0 Å². The minimum absolute atomic E-state index is 0.0533. The molecule has 1 aliphatic rings. The van der Waals surface area contributed by atoms with Crippen LogP contribution in [0.15, 0.2) is 46.9 Å². The van der Waals surface area contributed by atoms with Crippen molar-refractivity contribution in [2.45, 2.75) is 46.2 Å². The van der Waals surface area contributed by atoms with Crippen molar-refractivity contribution in [3.05, 3.63) is 69.2 Å². The number of carbonyl (C=O) groups excluding carboxylic acids is 1. The molecule has 1 unspecified atom stereocenters. The number of amides is 1. The zero-order valence-electron chi connectivity index (χ0n) is 16.5. The second-order valence-corrected chi connectivity index (χ2v) is 8.67. The number of hydrogen-bond acceptors (Lipinski definition) is 2. The first-order valence-corrected chi connectivity index (χ1v) is 10.6. The smallest absolute Gasteiger partial charge is 0.223 e. The minimum Gasteiger partial charge on any atom is -0.349 e. The topological polar surface area (TPSA) is 32.3 Å². The van der Waals surface area contributed by atoms with E-state index in [0.29, 0.717) is 0 Å². The van der Waals surface area contributed by atoms with Gasteiger partial charge in [0.2, 0.25) is 5.91 Å². The number of halogens is 1. The maximum Gasteiger partial charge on any atom is 0.223 e. The van der Waals surface area contributed by atoms with Crippen molar-refractivity contribution in [2.24, 2.45) is 5.92 Å². The number of nitrogens with zero attached hydrogens (tertiary/aromatic N) is 1. The highest BCUT2D eigenvalue weighted by Gasteiger charge is 2.26. The second kappa shape index (κ2) is 9.03. The van der Waals surface area contributed by atoms with Crippen LogP contribution in [-0.4, -0.2) is 23.9 Å². The van der Waals surface area contributed by atoms with E-state index in [1.807, 2.05) is 0 Å². The van der Waals surface area contributed by atoms with Gasteiger partial charge < -0.3 is 5.32 Å². The Hall–Kier alpha value is -1.65. The number of likely N-dealkylation sites (tertiary alicyclic amines) is 1. The molecule has 0 aromatic heterocycles. The number of hydrogen-bond donors (Lipinski definition) is 1. The molecule has 27 heavy (non-hydrogen) atoms. The molecule has 1 aliphatic heterocycles. The molecule has 0 radical (unpaired) electrons. The van der Waals surface area contributed by atoms with Crippen LogP contribution in [0.1, 0.15) is 48.1 Å². The normalized spacial score (nSPS) is 16.9. The Balaban J connectivity index is 1.49. The predicted molar refractivity (Wildman–Crippen MR) is 115 cm³/mol. The van der Waals surface area contributed by atoms with Crippen molar-refractivity contribution in [1.82, 2.24) is 10.2 Å². The summed E-state index contributed by atoms with van der Waals surface area (Å²) in [4.78, 5) is 15.1. The Labute approximate surface area is 171 Å². The zero-order chi connectivity index (χ0) is 19.4. The number of aryl methyl sites for hydroxylation is 2. The van der Waals surface area contributed by atoms with Gasteiger partial charge in [-0.25, -0.2) is 0 Å². The van der Waals surface area contributed by atoms with Gasteiger partial charge in [0.1, 0.15) is 0 Å². The lowest BCUT2D eigenvalue weighted by Crippen LogP contribution is -2.40. The van der Waals surface area contributed by atoms with Crippen molar-refractivity contribution in [2.75, 3.05) is 13.1 Å². The van der Waals surface area contributed by atoms with E-state index in [1.165, 1.54) is 22.3 Å². The van der Waals surface area contributed by atoms with Crippen molar-refractivity contribution < 1.29 is 4.79 Å². The molecule has 1 heterocycles. The molecule has 2 aromatic carbocycles. The largest absolute Gasteiger partial charge is 0.349 e. The van der Waals surface area contributed by atoms with E-state index in [4.69, 9.17) is 0 Å². The second-order valence-electron chi connectivity index (χ2n) is 7.75. The fourth-order valence-corrected chi connectivity index (χ4v) is 3.91. The summed E-state index contributed by atoms with van der Waals surface area (Å²) in [6.07, 6.45) is 1.87. The van der Waals surface area contributed by atoms with E-state index in [9.17, 15) is 4.79 Å². The van der Waals surface area contributed by atoms with Gasteiger partial charge in [-0.1, -0.05) is 46.3 Å². The quantitative estimate of drug-likeness (QED) is 0.713. The molecular formula is C23H29BrN2O. The molecule has 0 aliphatic carbocycles. The van der Waals surface area contributed by atoms with Crippen molar-refractivity contribution in [3.8, 4) is 0 Å². The van der Waals surface area contributed by atoms with Gasteiger partial charge in [-0.05, 0) is 81.1 Å². The van der Waals surface area contributed by atoms with Crippen LogP contribution in [0, 0.1) is 19.8 Å². The van der Waals surface area contributed by atoms with E-state index in [0.717, 1.165) is 36.9 Å². The first-order chi connectivity index (χ1) is 12.9. The maximum atomic E-state index is 12.7. The van der Waals surface area contributed by atoms with Crippen molar-refractivity contribution in [3.63, 3.8) is 0 Å². The summed E-state index contributed by atoms with van der Waals surface area (Å²) >= 11 is 3.48. The van der Waals surface area contributed by atoms with Crippen LogP contribution in [0.25, 0.3) is 0 Å². The first-order valence-electron chi connectivity index (χ1n) is 9.76. The molecule has 144 valence electrons. The van der Waals surface area contributed by atoms with E-state index >= 15 is 0 Å². The Morgan fingerprint density at radius 2 is 1.78 bits per heavy atom. The Bertz CT molecular complexity index is 779. The van der Waals surface area contributed by atoms with Crippen LogP contribution in [0.2, 0.25) is 0 Å². The van der Waals surface area contributed by atoms with Crippen molar-refractivity contribution in [1.29, 1.82) is 0 Å². The predicted octanol–water partition coefficient (Wildman–Crippen LogP) is 5.16. The number of rotatable bonds is 5. The van der Waals surface area contributed by atoms with Gasteiger partial charge in [-0.3, -0.25) is 9.69 Å². The van der Waals surface area contributed by atoms with E-state index in [2.05, 4.69) is 89.4 Å². The SMILES string of the molecule is Cc1ccc(C(C)NC(=O)C2CCN(Cc3ccc(Br)cc3)CC2)cc1C. The van der Waals surface area contributed by atoms with Crippen LogP contribution in [0.3, 0.4) is 0 Å². The van der Waals surface area contributed by atoms with Crippen molar-refractivity contribution >= 4 is 21.8 Å². The Morgan fingerprint density at radius 1 is 1.11 bits per heavy atom. The fraction of sp³-hybridized carbons (Fsp3) is 0.435. The van der Waals surface area contributed by atoms with Crippen LogP contribution in [0.5, 0.6) is 0 Å². The fourth-order valence-electron chi connectivity index (χ4n) is 3.65. The van der Waals surface area contributed by atoms with E-state index in [1.54, 1.807) is 0 Å². The third-order valence-electron chi connectivity index (χ3n) is 5.67. The number of benzene rings is 2. The number of nitrogens with one attached hydrogen (secondary N) is 1. The molecule has 3 rings (SSSR count). The highest BCUT2D eigenvalue weighted by atomic mass is 79.9. The Morgan fingerprint density at radius 3 is 2.41 bits per heavy atom. The molecule has 1 fully saturated rings. The molecule has 4 heteroatoms. The minimum atomic E-state index is 0.0533. The standard InChI is InChI=1S/C23H29BrN2O/c1-16-4-7-21(14-17(16)2)18(3)25-23(27)20-10-12-26(13-11-20)15-19-5-8-22(24)9-6-19/h4-9,14,18,20H,10-13,15H2,1-3H3,(H,25,27). The lowest BCUT2D eigenvalue weighted by atomic mass is 9.94. The highest BCUT2D eigenvalue weighted by molar-refractivity contribution is 9.10. The molecule has 0 spiro atoms. The average molecular weight is 429 g/mol. The van der Waals surface area contributed by atoms with Gasteiger partial charge in [0.15, 0.2) is 0 Å². The third-order valence-corrected chi connectivity index (χ3v) is 6.20. The molecule has 0 bridgehead atoms. The first kappa shape index (κ1) is 20.1. The summed E-state index contributed by atoms with van der Waals surface area (Å²) in [5.74, 6) is 0.323. The average Bonchev–Trinajstić information content (AvgIpc) is 2.66. The van der Waals surface area contributed by atoms with Gasteiger partial charge in [0.05, 0.1) is 6.04 Å². The van der Waals surface area contributed by atoms with Gasteiger partial charge in [0.25, 0.3) is 0 Å². The highest BCUT2D eigenvalue weighted by Crippen LogP contribution is 2.22. The van der Waals surface area contributed by atoms with Gasteiger partial charge in [-0.15, -0.1) is 0 Å². The molecule has 1 atom stereocenters. The number of piperidine rings is 1. The summed E-state index contributed by atoms with van der Waals surface area (Å²) in [7, 11) is 0. The molecule has 0 saturated carbocycles. The summed E-state index contributed by atoms with van der Waals surface area (Å²) in [5, 5.41) is 3.22. The molecule has 1 saturated heterocycles. The zero-order valence-corrected chi connectivity index (χ0v) is 18.1.